The van der Waals surface area contributed by atoms with Crippen LogP contribution in [0.2, 0.25) is 0 Å². The molecule has 0 N–H and O–H groups in total. The zero-order valence-electron chi connectivity index (χ0n) is 16.3. The van der Waals surface area contributed by atoms with Gasteiger partial charge in [0.1, 0.15) is 0 Å². The first-order valence-corrected chi connectivity index (χ1v) is 11.3. The second kappa shape index (κ2) is 7.51. The number of thiophene rings is 1. The van der Waals surface area contributed by atoms with Crippen molar-refractivity contribution in [2.24, 2.45) is 0 Å². The molecule has 8 heteroatoms. The maximum atomic E-state index is 13.1. The Bertz CT molecular complexity index is 1280. The lowest BCUT2D eigenvalue weighted by atomic mass is 10.2. The molecule has 0 spiro atoms. The molecule has 3 heterocycles. The van der Waals surface area contributed by atoms with E-state index in [0.29, 0.717) is 35.2 Å². The van der Waals surface area contributed by atoms with Gasteiger partial charge < -0.3 is 0 Å². The summed E-state index contributed by atoms with van der Waals surface area (Å²) in [6.07, 6.45) is 3.30. The van der Waals surface area contributed by atoms with E-state index in [1.54, 1.807) is 15.9 Å². The summed E-state index contributed by atoms with van der Waals surface area (Å²) in [6, 6.07) is 12.5. The fraction of sp³-hybridized carbons (Fsp3) is 0.381. The van der Waals surface area contributed by atoms with E-state index in [4.69, 9.17) is 17.3 Å². The van der Waals surface area contributed by atoms with Crippen molar-refractivity contribution in [3.8, 4) is 0 Å². The molecule has 1 saturated carbocycles. The van der Waals surface area contributed by atoms with Gasteiger partial charge >= 0.3 is 0 Å². The summed E-state index contributed by atoms with van der Waals surface area (Å²) in [5.41, 5.74) is 0.826. The van der Waals surface area contributed by atoms with E-state index in [9.17, 15) is 4.79 Å². The van der Waals surface area contributed by atoms with Crippen molar-refractivity contribution < 1.29 is 0 Å². The van der Waals surface area contributed by atoms with Crippen molar-refractivity contribution in [1.29, 1.82) is 0 Å². The Labute approximate surface area is 177 Å². The molecule has 0 atom stereocenters. The van der Waals surface area contributed by atoms with Crippen molar-refractivity contribution in [1.82, 2.24) is 23.6 Å². The van der Waals surface area contributed by atoms with Crippen LogP contribution in [-0.2, 0) is 19.8 Å². The van der Waals surface area contributed by atoms with Crippen LogP contribution in [0.1, 0.15) is 31.1 Å². The molecule has 4 aromatic rings. The van der Waals surface area contributed by atoms with E-state index in [2.05, 4.69) is 29.3 Å². The minimum Gasteiger partial charge on any atom is -0.276 e. The zero-order valence-corrected chi connectivity index (χ0v) is 18.0. The maximum absolute atomic E-state index is 13.1. The number of rotatable bonds is 7. The summed E-state index contributed by atoms with van der Waals surface area (Å²) in [6.45, 7) is 4.23. The molecular weight excluding hydrogens is 402 g/mol. The molecule has 29 heavy (non-hydrogen) atoms. The van der Waals surface area contributed by atoms with Gasteiger partial charge in [-0.1, -0.05) is 25.1 Å². The van der Waals surface area contributed by atoms with Crippen LogP contribution < -0.4 is 5.56 Å². The number of nitrogens with zero attached hydrogens (tertiary/aromatic N) is 5. The number of fused-ring (bicyclic) bond motifs is 3. The molecule has 0 unspecified atom stereocenters. The van der Waals surface area contributed by atoms with Gasteiger partial charge in [0.25, 0.3) is 5.56 Å². The highest BCUT2D eigenvalue weighted by Crippen LogP contribution is 2.29. The van der Waals surface area contributed by atoms with Gasteiger partial charge in [-0.25, -0.2) is 4.68 Å². The molecule has 1 aromatic carbocycles. The lowest BCUT2D eigenvalue weighted by molar-refractivity contribution is 0.188. The average Bonchev–Trinajstić information content (AvgIpc) is 3.36. The lowest BCUT2D eigenvalue weighted by Crippen LogP contribution is -2.28. The third-order valence-corrected chi connectivity index (χ3v) is 6.70. The van der Waals surface area contributed by atoms with E-state index in [1.807, 2.05) is 33.3 Å². The Morgan fingerprint density at radius 2 is 2.07 bits per heavy atom. The molecule has 0 saturated heterocycles. The van der Waals surface area contributed by atoms with E-state index < -0.39 is 0 Å². The Morgan fingerprint density at radius 3 is 2.79 bits per heavy atom. The molecule has 150 valence electrons. The minimum absolute atomic E-state index is 0.000246. The van der Waals surface area contributed by atoms with Gasteiger partial charge in [0.15, 0.2) is 0 Å². The first-order chi connectivity index (χ1) is 14.2. The maximum Gasteiger partial charge on any atom is 0.262 e. The number of benzene rings is 1. The summed E-state index contributed by atoms with van der Waals surface area (Å²) in [5.74, 6) is 0.632. The van der Waals surface area contributed by atoms with Crippen LogP contribution in [-0.4, -0.2) is 29.7 Å². The van der Waals surface area contributed by atoms with E-state index in [1.165, 1.54) is 17.7 Å². The Balaban J connectivity index is 1.64. The summed E-state index contributed by atoms with van der Waals surface area (Å²) in [7, 11) is 0. The largest absolute Gasteiger partial charge is 0.276 e. The summed E-state index contributed by atoms with van der Waals surface area (Å²) < 4.78 is 6.24. The van der Waals surface area contributed by atoms with Crippen molar-refractivity contribution in [3.63, 3.8) is 0 Å². The minimum atomic E-state index is -0.000246. The summed E-state index contributed by atoms with van der Waals surface area (Å²) in [5, 5.41) is 7.62. The van der Waals surface area contributed by atoms with Crippen LogP contribution in [0.3, 0.4) is 0 Å². The topological polar surface area (TPSA) is 47.5 Å². The molecule has 3 aromatic heterocycles. The summed E-state index contributed by atoms with van der Waals surface area (Å²) in [4.78, 5) is 16.9. The van der Waals surface area contributed by atoms with Crippen LogP contribution >= 0.6 is 23.6 Å². The summed E-state index contributed by atoms with van der Waals surface area (Å²) >= 11 is 7.62. The van der Waals surface area contributed by atoms with Crippen LogP contribution in [0.25, 0.3) is 16.7 Å². The van der Waals surface area contributed by atoms with E-state index in [0.717, 1.165) is 18.5 Å². The van der Waals surface area contributed by atoms with Gasteiger partial charge in [-0.05, 0) is 55.1 Å². The molecule has 0 radical (unpaired) electrons. The average molecular weight is 426 g/mol. The van der Waals surface area contributed by atoms with Crippen LogP contribution in [0.5, 0.6) is 0 Å². The standard InChI is InChI=1S/C21H23N5OS2/c1-2-11-24-19(27)17-7-3-4-8-18(17)26-20(24)22-25(21(26)28)14-23(15-9-10-15)13-16-6-5-12-29-16/h3-8,12,15H,2,9-11,13-14H2,1H3. The normalized spacial score (nSPS) is 14.4. The van der Waals surface area contributed by atoms with Crippen molar-refractivity contribution in [3.05, 3.63) is 61.8 Å². The van der Waals surface area contributed by atoms with Gasteiger partial charge in [0.2, 0.25) is 10.5 Å². The highest BCUT2D eigenvalue weighted by Gasteiger charge is 2.30. The van der Waals surface area contributed by atoms with Gasteiger partial charge in [0, 0.05) is 24.0 Å². The van der Waals surface area contributed by atoms with Gasteiger partial charge in [-0.3, -0.25) is 18.7 Å². The molecule has 1 aliphatic rings. The number of hydrogen-bond donors (Lipinski definition) is 0. The SMILES string of the molecule is CCCn1c(=O)c2ccccc2n2c(=S)n(CN(Cc3cccs3)C3CC3)nc12. The fourth-order valence-corrected chi connectivity index (χ4v) is 4.90. The molecule has 1 aliphatic carbocycles. The molecular formula is C21H23N5OS2. The Hall–Kier alpha value is -2.29. The molecule has 6 nitrogen and oxygen atoms in total. The second-order valence-corrected chi connectivity index (χ2v) is 8.99. The highest BCUT2D eigenvalue weighted by atomic mass is 32.1. The first kappa shape index (κ1) is 18.7. The van der Waals surface area contributed by atoms with Crippen molar-refractivity contribution in [2.45, 2.75) is 52.0 Å². The van der Waals surface area contributed by atoms with E-state index >= 15 is 0 Å². The number of para-hydroxylation sites is 1. The van der Waals surface area contributed by atoms with Crippen LogP contribution in [0.4, 0.5) is 0 Å². The zero-order chi connectivity index (χ0) is 20.0. The molecule has 5 rings (SSSR count). The second-order valence-electron chi connectivity index (χ2n) is 7.59. The third-order valence-electron chi connectivity index (χ3n) is 5.45. The molecule has 0 bridgehead atoms. The Kier molecular flexibility index (Phi) is 4.85. The fourth-order valence-electron chi connectivity index (χ4n) is 3.89. The first-order valence-electron chi connectivity index (χ1n) is 10.0. The quantitative estimate of drug-likeness (QED) is 0.415. The molecule has 0 aliphatic heterocycles. The number of hydrogen-bond acceptors (Lipinski definition) is 5. The van der Waals surface area contributed by atoms with E-state index in [-0.39, 0.29) is 5.56 Å². The van der Waals surface area contributed by atoms with Crippen molar-refractivity contribution >= 4 is 40.2 Å². The Morgan fingerprint density at radius 1 is 1.24 bits per heavy atom. The van der Waals surface area contributed by atoms with Gasteiger partial charge in [0.05, 0.1) is 17.6 Å². The predicted octanol–water partition coefficient (Wildman–Crippen LogP) is 4.27. The number of aryl methyl sites for hydroxylation is 1. The monoisotopic (exact) mass is 425 g/mol. The smallest absolute Gasteiger partial charge is 0.262 e. The van der Waals surface area contributed by atoms with Gasteiger partial charge in [-0.2, -0.15) is 0 Å². The van der Waals surface area contributed by atoms with Crippen LogP contribution in [0, 0.1) is 4.77 Å². The lowest BCUT2D eigenvalue weighted by Gasteiger charge is -2.20. The number of aromatic nitrogens is 4. The van der Waals surface area contributed by atoms with Crippen molar-refractivity contribution in [2.75, 3.05) is 0 Å². The van der Waals surface area contributed by atoms with Crippen LogP contribution in [0.15, 0.2) is 46.6 Å². The van der Waals surface area contributed by atoms with Gasteiger partial charge in [-0.15, -0.1) is 16.4 Å². The predicted molar refractivity (Wildman–Crippen MR) is 119 cm³/mol. The third kappa shape index (κ3) is 3.35. The highest BCUT2D eigenvalue weighted by molar-refractivity contribution is 7.71. The molecule has 1 fully saturated rings. The molecule has 0 amide bonds.